The van der Waals surface area contributed by atoms with Gasteiger partial charge in [-0.2, -0.15) is 5.10 Å². The van der Waals surface area contributed by atoms with Gasteiger partial charge in [0.05, 0.1) is 42.3 Å². The topological polar surface area (TPSA) is 125 Å². The summed E-state index contributed by atoms with van der Waals surface area (Å²) in [5.74, 6) is -1.51. The second kappa shape index (κ2) is 13.9. The molecule has 2 N–H and O–H groups in total. The minimum Gasteiger partial charge on any atom is -0.478 e. The molecule has 304 valence electrons. The summed E-state index contributed by atoms with van der Waals surface area (Å²) in [7, 11) is -1.86. The van der Waals surface area contributed by atoms with Crippen LogP contribution in [0.25, 0.3) is 11.1 Å². The van der Waals surface area contributed by atoms with Crippen molar-refractivity contribution in [3.63, 3.8) is 0 Å². The van der Waals surface area contributed by atoms with Gasteiger partial charge in [-0.25, -0.2) is 14.6 Å². The number of carbonyl (C=O) groups is 2. The molecule has 5 aliphatic rings. The summed E-state index contributed by atoms with van der Waals surface area (Å²) in [5, 5.41) is 18.7. The van der Waals surface area contributed by atoms with Crippen molar-refractivity contribution in [1.29, 1.82) is 0 Å². The van der Waals surface area contributed by atoms with Crippen molar-refractivity contribution in [2.24, 2.45) is 16.2 Å². The molecule has 0 radical (unpaired) electrons. The highest BCUT2D eigenvalue weighted by Gasteiger charge is 2.66. The van der Waals surface area contributed by atoms with Gasteiger partial charge in [-0.15, -0.1) is 0 Å². The first-order valence-corrected chi connectivity index (χ1v) is 23.5. The summed E-state index contributed by atoms with van der Waals surface area (Å²) in [6.45, 7) is 26.7. The highest BCUT2D eigenvalue weighted by molar-refractivity contribution is 6.74. The maximum absolute atomic E-state index is 14.0. The quantitative estimate of drug-likeness (QED) is 0.111. The van der Waals surface area contributed by atoms with E-state index in [1.54, 1.807) is 12.1 Å². The van der Waals surface area contributed by atoms with Crippen LogP contribution in [0, 0.1) is 23.2 Å². The van der Waals surface area contributed by atoms with E-state index in [9.17, 15) is 14.7 Å². The Labute approximate surface area is 334 Å². The van der Waals surface area contributed by atoms with E-state index in [1.807, 2.05) is 45.2 Å². The monoisotopic (exact) mass is 784 g/mol. The average molecular weight is 785 g/mol. The fourth-order valence-electron chi connectivity index (χ4n) is 11.5. The summed E-state index contributed by atoms with van der Waals surface area (Å²) in [5.41, 5.74) is 4.65. The van der Waals surface area contributed by atoms with E-state index >= 15 is 0 Å². The third kappa shape index (κ3) is 7.77. The van der Waals surface area contributed by atoms with Crippen molar-refractivity contribution in [1.82, 2.24) is 20.1 Å². The minimum atomic E-state index is -1.86. The molecule has 1 aliphatic heterocycles. The molecule has 0 spiro atoms. The number of hydrogen-bond donors (Lipinski definition) is 2. The number of benzene rings is 1. The molecule has 4 bridgehead atoms. The van der Waals surface area contributed by atoms with Crippen molar-refractivity contribution in [3.05, 3.63) is 70.3 Å². The molecule has 3 unspecified atom stereocenters. The van der Waals surface area contributed by atoms with Gasteiger partial charge >= 0.3 is 11.9 Å². The summed E-state index contributed by atoms with van der Waals surface area (Å²) < 4.78 is 21.6. The Bertz CT molecular complexity index is 2010. The number of rotatable bonds is 11. The minimum absolute atomic E-state index is 0.0323. The Morgan fingerprint density at radius 2 is 1.64 bits per heavy atom. The summed E-state index contributed by atoms with van der Waals surface area (Å²) in [6.07, 6.45) is 9.27. The molecule has 0 amide bonds. The second-order valence-electron chi connectivity index (χ2n) is 21.1. The van der Waals surface area contributed by atoms with Gasteiger partial charge in [0, 0.05) is 29.9 Å². The van der Waals surface area contributed by atoms with Crippen molar-refractivity contribution in [2.45, 2.75) is 149 Å². The van der Waals surface area contributed by atoms with Crippen LogP contribution in [0.15, 0.2) is 36.5 Å². The lowest BCUT2D eigenvalue weighted by Crippen LogP contribution is -2.64. The predicted molar refractivity (Wildman–Crippen MR) is 220 cm³/mol. The number of carboxylic acids is 1. The van der Waals surface area contributed by atoms with Crippen LogP contribution in [-0.2, 0) is 26.9 Å². The number of nitrogens with zero attached hydrogens (tertiary/aromatic N) is 3. The van der Waals surface area contributed by atoms with E-state index in [4.69, 9.17) is 24.0 Å². The van der Waals surface area contributed by atoms with Gasteiger partial charge < -0.3 is 24.3 Å². The van der Waals surface area contributed by atoms with Crippen molar-refractivity contribution in [2.75, 3.05) is 19.8 Å². The third-order valence-corrected chi connectivity index (χ3v) is 18.1. The van der Waals surface area contributed by atoms with Crippen LogP contribution in [0.1, 0.15) is 143 Å². The van der Waals surface area contributed by atoms with Crippen LogP contribution in [0.4, 0.5) is 0 Å². The van der Waals surface area contributed by atoms with E-state index in [0.29, 0.717) is 43.0 Å². The summed E-state index contributed by atoms with van der Waals surface area (Å²) >= 11 is 0. The number of esters is 1. The molecule has 4 saturated carbocycles. The number of fused-ring (bicyclic) bond motifs is 1. The van der Waals surface area contributed by atoms with Crippen LogP contribution in [0.5, 0.6) is 0 Å². The van der Waals surface area contributed by atoms with Crippen LogP contribution in [0.3, 0.4) is 0 Å². The lowest BCUT2D eigenvalue weighted by molar-refractivity contribution is -0.249. The molecule has 1 aromatic carbocycles. The standard InChI is InChI=1S/C45H64N4O6Si/c1-29-33(31-15-16-34(48-36(31)39(52)55-40(2,3)4)37-35-30(17-18-46-37)13-12-14-32(35)38(50)51)21-47-49(29)28-44-23-42(8)22-43(9,24-44)26-45(25-42,27-44)53-19-20-54-56(10,11)41(5,6)7/h12-16,21,37,46H,17-20,22-28H2,1-11H3,(H,50,51). The molecular weight excluding hydrogens is 721 g/mol. The molecule has 4 fully saturated rings. The van der Waals surface area contributed by atoms with E-state index in [2.05, 4.69) is 64.6 Å². The number of ether oxygens (including phenoxy) is 2. The largest absolute Gasteiger partial charge is 0.478 e. The first kappa shape index (κ1) is 40.8. The van der Waals surface area contributed by atoms with Gasteiger partial charge in [0.15, 0.2) is 14.0 Å². The van der Waals surface area contributed by atoms with E-state index in [1.165, 1.54) is 6.42 Å². The fraction of sp³-hybridized carbons (Fsp3) is 0.644. The van der Waals surface area contributed by atoms with E-state index < -0.39 is 31.9 Å². The maximum atomic E-state index is 14.0. The van der Waals surface area contributed by atoms with Crippen molar-refractivity contribution >= 4 is 20.3 Å². The fourth-order valence-corrected chi connectivity index (χ4v) is 12.5. The van der Waals surface area contributed by atoms with Crippen molar-refractivity contribution < 1.29 is 28.6 Å². The predicted octanol–water partition coefficient (Wildman–Crippen LogP) is 9.30. The number of aromatic carboxylic acids is 1. The van der Waals surface area contributed by atoms with Gasteiger partial charge in [-0.05, 0) is 136 Å². The Hall–Kier alpha value is -3.38. The average Bonchev–Trinajstić information content (AvgIpc) is 3.41. The van der Waals surface area contributed by atoms with Gasteiger partial charge in [0.1, 0.15) is 5.60 Å². The molecule has 56 heavy (non-hydrogen) atoms. The molecule has 11 heteroatoms. The number of nitrogens with one attached hydrogen (secondary N) is 1. The summed E-state index contributed by atoms with van der Waals surface area (Å²) in [6, 6.07) is 8.73. The highest BCUT2D eigenvalue weighted by Crippen LogP contribution is 2.72. The molecule has 3 atom stereocenters. The lowest BCUT2D eigenvalue weighted by Gasteiger charge is -2.69. The van der Waals surface area contributed by atoms with Crippen LogP contribution in [-0.4, -0.2) is 71.1 Å². The number of carboxylic acid groups (broad SMARTS) is 1. The lowest BCUT2D eigenvalue weighted by atomic mass is 9.39. The molecule has 10 nitrogen and oxygen atoms in total. The zero-order valence-corrected chi connectivity index (χ0v) is 36.6. The van der Waals surface area contributed by atoms with Gasteiger partial charge in [0.25, 0.3) is 0 Å². The molecule has 0 saturated heterocycles. The molecule has 8 rings (SSSR count). The zero-order valence-electron chi connectivity index (χ0n) is 35.6. The van der Waals surface area contributed by atoms with Crippen molar-refractivity contribution in [3.8, 4) is 11.1 Å². The van der Waals surface area contributed by atoms with Gasteiger partial charge in [0.2, 0.25) is 0 Å². The second-order valence-corrected chi connectivity index (χ2v) is 25.9. The molecule has 2 aromatic heterocycles. The molecule has 3 aromatic rings. The Balaban J connectivity index is 1.19. The Morgan fingerprint density at radius 1 is 0.946 bits per heavy atom. The number of hydrogen-bond acceptors (Lipinski definition) is 8. The first-order chi connectivity index (χ1) is 25.9. The SMILES string of the molecule is Cc1c(-c2ccc(C3NCCc4cccc(C(=O)O)c43)nc2C(=O)OC(C)(C)C)cnn1CC12CC3(C)CC(C)(C1)CC(OCCO[Si](C)(C)C(C)(C)C)(C3)C2. The number of carbonyl (C=O) groups excluding carboxylic acids is 1. The van der Waals surface area contributed by atoms with E-state index in [0.717, 1.165) is 55.5 Å². The number of pyridine rings is 1. The molecule has 3 heterocycles. The third-order valence-electron chi connectivity index (χ3n) is 13.6. The Morgan fingerprint density at radius 3 is 2.29 bits per heavy atom. The van der Waals surface area contributed by atoms with Gasteiger partial charge in [-0.3, -0.25) is 4.68 Å². The maximum Gasteiger partial charge on any atom is 0.358 e. The highest BCUT2D eigenvalue weighted by atomic mass is 28.4. The van der Waals surface area contributed by atoms with E-state index in [-0.39, 0.29) is 38.1 Å². The Kier molecular flexibility index (Phi) is 10.1. The zero-order chi connectivity index (χ0) is 40.7. The first-order valence-electron chi connectivity index (χ1n) is 20.6. The molecule has 4 aliphatic carbocycles. The number of aromatic nitrogens is 3. The summed E-state index contributed by atoms with van der Waals surface area (Å²) in [4.78, 5) is 31.3. The van der Waals surface area contributed by atoms with Crippen LogP contribution in [0.2, 0.25) is 18.1 Å². The molecular formula is C45H64N4O6Si. The van der Waals surface area contributed by atoms with Crippen LogP contribution >= 0.6 is 0 Å². The van der Waals surface area contributed by atoms with Gasteiger partial charge in [-0.1, -0.05) is 46.8 Å². The van der Waals surface area contributed by atoms with Crippen LogP contribution < -0.4 is 5.32 Å². The normalized spacial score (nSPS) is 28.7. The smallest absolute Gasteiger partial charge is 0.358 e.